The lowest BCUT2D eigenvalue weighted by molar-refractivity contribution is 0.0933. The number of nitrogens with one attached hydrogen (secondary N) is 2. The van der Waals surface area contributed by atoms with Crippen molar-refractivity contribution in [2.24, 2.45) is 0 Å². The Morgan fingerprint density at radius 1 is 1.33 bits per heavy atom. The molecule has 1 heterocycles. The van der Waals surface area contributed by atoms with Crippen LogP contribution in [0.2, 0.25) is 0 Å². The molecule has 0 bridgehead atoms. The summed E-state index contributed by atoms with van der Waals surface area (Å²) >= 11 is 0. The average Bonchev–Trinajstić information content (AvgIpc) is 3.06. The number of hydrogen-bond donors (Lipinski definition) is 2. The molecule has 2 aromatic rings. The average molecular weight is 332 g/mol. The lowest BCUT2D eigenvalue weighted by Crippen LogP contribution is -2.42. The van der Waals surface area contributed by atoms with Crippen molar-refractivity contribution in [2.45, 2.75) is 33.7 Å². The lowest BCUT2D eigenvalue weighted by atomic mass is 10.1. The van der Waals surface area contributed by atoms with E-state index in [4.69, 9.17) is 0 Å². The van der Waals surface area contributed by atoms with Crippen LogP contribution in [-0.2, 0) is 0 Å². The highest BCUT2D eigenvalue weighted by Crippen LogP contribution is 2.20. The monoisotopic (exact) mass is 332 g/mol. The number of carbonyl (C=O) groups excluding carboxylic acids is 1. The number of hydrogen-bond acceptors (Lipinski definition) is 3. The van der Waals surface area contributed by atoms with Crippen molar-refractivity contribution in [1.82, 2.24) is 20.4 Å². The van der Waals surface area contributed by atoms with Gasteiger partial charge in [-0.25, -0.2) is 4.39 Å². The molecule has 0 fully saturated rings. The third-order valence-electron chi connectivity index (χ3n) is 4.27. The zero-order chi connectivity index (χ0) is 17.7. The Kier molecular flexibility index (Phi) is 6.09. The number of benzene rings is 1. The molecule has 1 amide bonds. The molecular weight excluding hydrogens is 307 g/mol. The van der Waals surface area contributed by atoms with Crippen molar-refractivity contribution in [1.29, 1.82) is 0 Å². The summed E-state index contributed by atoms with van der Waals surface area (Å²) in [6, 6.07) is 6.74. The maximum Gasteiger partial charge on any atom is 0.269 e. The number of aromatic amines is 1. The van der Waals surface area contributed by atoms with Gasteiger partial charge >= 0.3 is 0 Å². The van der Waals surface area contributed by atoms with E-state index in [1.165, 1.54) is 6.07 Å². The van der Waals surface area contributed by atoms with Crippen molar-refractivity contribution >= 4 is 5.91 Å². The Bertz CT molecular complexity index is 694. The third-order valence-corrected chi connectivity index (χ3v) is 4.27. The Balaban J connectivity index is 2.02. The second kappa shape index (κ2) is 8.06. The lowest BCUT2D eigenvalue weighted by Gasteiger charge is -2.26. The number of carbonyl (C=O) groups is 1. The molecule has 0 saturated carbocycles. The first kappa shape index (κ1) is 18.1. The van der Waals surface area contributed by atoms with E-state index in [1.807, 2.05) is 0 Å². The molecule has 1 unspecified atom stereocenters. The highest BCUT2D eigenvalue weighted by atomic mass is 19.1. The quantitative estimate of drug-likeness (QED) is 0.819. The van der Waals surface area contributed by atoms with Gasteiger partial charge < -0.3 is 5.32 Å². The van der Waals surface area contributed by atoms with Gasteiger partial charge in [0.2, 0.25) is 0 Å². The number of likely N-dealkylation sites (N-methyl/N-ethyl adjacent to an activating group) is 1. The van der Waals surface area contributed by atoms with Crippen LogP contribution in [0.15, 0.2) is 24.3 Å². The summed E-state index contributed by atoms with van der Waals surface area (Å²) in [6.07, 6.45) is 0. The summed E-state index contributed by atoms with van der Waals surface area (Å²) < 4.78 is 13.4. The predicted octanol–water partition coefficient (Wildman–Crippen LogP) is 2.98. The SMILES string of the molecule is CCN(CC)C(C)CNC(=O)c1cc(-c2ccc(F)c(C)c2)n[nH]1. The minimum absolute atomic E-state index is 0.188. The van der Waals surface area contributed by atoms with E-state index < -0.39 is 0 Å². The normalized spacial score (nSPS) is 12.4. The molecule has 2 N–H and O–H groups in total. The molecule has 6 heteroatoms. The predicted molar refractivity (Wildman–Crippen MR) is 93.4 cm³/mol. The van der Waals surface area contributed by atoms with E-state index >= 15 is 0 Å². The van der Waals surface area contributed by atoms with E-state index in [-0.39, 0.29) is 17.8 Å². The molecule has 2 rings (SSSR count). The van der Waals surface area contributed by atoms with Gasteiger partial charge in [-0.1, -0.05) is 13.8 Å². The van der Waals surface area contributed by atoms with Gasteiger partial charge in [0.05, 0.1) is 5.69 Å². The van der Waals surface area contributed by atoms with Gasteiger partial charge in [-0.15, -0.1) is 0 Å². The molecule has 0 aliphatic carbocycles. The molecule has 1 aromatic heterocycles. The van der Waals surface area contributed by atoms with Gasteiger partial charge in [0.15, 0.2) is 0 Å². The summed E-state index contributed by atoms with van der Waals surface area (Å²) in [4.78, 5) is 14.5. The fraction of sp³-hybridized carbons (Fsp3) is 0.444. The van der Waals surface area contributed by atoms with Crippen LogP contribution in [0, 0.1) is 12.7 Å². The summed E-state index contributed by atoms with van der Waals surface area (Å²) in [7, 11) is 0. The number of H-pyrrole nitrogens is 1. The fourth-order valence-electron chi connectivity index (χ4n) is 2.70. The first-order chi connectivity index (χ1) is 11.5. The van der Waals surface area contributed by atoms with Crippen LogP contribution in [0.25, 0.3) is 11.3 Å². The minimum Gasteiger partial charge on any atom is -0.349 e. The van der Waals surface area contributed by atoms with Gasteiger partial charge in [-0.3, -0.25) is 14.8 Å². The van der Waals surface area contributed by atoms with E-state index in [0.717, 1.165) is 18.7 Å². The van der Waals surface area contributed by atoms with Crippen LogP contribution in [0.4, 0.5) is 4.39 Å². The van der Waals surface area contributed by atoms with E-state index in [1.54, 1.807) is 25.1 Å². The van der Waals surface area contributed by atoms with E-state index in [9.17, 15) is 9.18 Å². The second-order valence-corrected chi connectivity index (χ2v) is 5.91. The van der Waals surface area contributed by atoms with Crippen LogP contribution in [0.1, 0.15) is 36.8 Å². The van der Waals surface area contributed by atoms with Crippen molar-refractivity contribution in [3.8, 4) is 11.3 Å². The first-order valence-electron chi connectivity index (χ1n) is 8.30. The van der Waals surface area contributed by atoms with Crippen molar-refractivity contribution in [3.05, 3.63) is 41.3 Å². The first-order valence-corrected chi connectivity index (χ1v) is 8.30. The summed E-state index contributed by atoms with van der Waals surface area (Å²) in [5.74, 6) is -0.441. The summed E-state index contributed by atoms with van der Waals surface area (Å²) in [5, 5.41) is 9.83. The highest BCUT2D eigenvalue weighted by Gasteiger charge is 2.15. The minimum atomic E-state index is -0.252. The third kappa shape index (κ3) is 4.20. The van der Waals surface area contributed by atoms with E-state index in [0.29, 0.717) is 23.5 Å². The Labute approximate surface area is 142 Å². The zero-order valence-corrected chi connectivity index (χ0v) is 14.7. The molecule has 0 spiro atoms. The molecule has 0 aliphatic heterocycles. The molecule has 130 valence electrons. The number of rotatable bonds is 7. The standard InChI is InChI=1S/C18H25FN4O/c1-5-23(6-2)13(4)11-20-18(24)17-10-16(21-22-17)14-7-8-15(19)12(3)9-14/h7-10,13H,5-6,11H2,1-4H3,(H,20,24)(H,21,22). The molecular formula is C18H25FN4O. The molecule has 0 aliphatic rings. The van der Waals surface area contributed by atoms with Crippen LogP contribution in [-0.4, -0.2) is 46.7 Å². The van der Waals surface area contributed by atoms with Gasteiger partial charge in [0.1, 0.15) is 11.5 Å². The van der Waals surface area contributed by atoms with Gasteiger partial charge in [-0.05, 0) is 56.8 Å². The van der Waals surface area contributed by atoms with Gasteiger partial charge in [-0.2, -0.15) is 5.10 Å². The molecule has 5 nitrogen and oxygen atoms in total. The Morgan fingerprint density at radius 2 is 2.04 bits per heavy atom. The fourth-order valence-corrected chi connectivity index (χ4v) is 2.70. The molecule has 0 saturated heterocycles. The zero-order valence-electron chi connectivity index (χ0n) is 14.7. The van der Waals surface area contributed by atoms with Crippen molar-refractivity contribution in [2.75, 3.05) is 19.6 Å². The molecule has 24 heavy (non-hydrogen) atoms. The Morgan fingerprint density at radius 3 is 2.67 bits per heavy atom. The van der Waals surface area contributed by atoms with Crippen LogP contribution >= 0.6 is 0 Å². The van der Waals surface area contributed by atoms with Crippen molar-refractivity contribution in [3.63, 3.8) is 0 Å². The Hall–Kier alpha value is -2.21. The number of halogens is 1. The summed E-state index contributed by atoms with van der Waals surface area (Å²) in [5.41, 5.74) is 2.36. The van der Waals surface area contributed by atoms with Crippen molar-refractivity contribution < 1.29 is 9.18 Å². The number of aromatic nitrogens is 2. The molecule has 1 atom stereocenters. The van der Waals surface area contributed by atoms with Gasteiger partial charge in [0.25, 0.3) is 5.91 Å². The second-order valence-electron chi connectivity index (χ2n) is 5.91. The number of amides is 1. The van der Waals surface area contributed by atoms with E-state index in [2.05, 4.69) is 41.2 Å². The number of aryl methyl sites for hydroxylation is 1. The highest BCUT2D eigenvalue weighted by molar-refractivity contribution is 5.93. The maximum absolute atomic E-state index is 13.4. The maximum atomic E-state index is 13.4. The van der Waals surface area contributed by atoms with Gasteiger partial charge in [0, 0.05) is 18.2 Å². The summed E-state index contributed by atoms with van der Waals surface area (Å²) in [6.45, 7) is 10.5. The van der Waals surface area contributed by atoms with Crippen LogP contribution in [0.5, 0.6) is 0 Å². The number of nitrogens with zero attached hydrogens (tertiary/aromatic N) is 2. The molecule has 1 aromatic carbocycles. The topological polar surface area (TPSA) is 61.0 Å². The smallest absolute Gasteiger partial charge is 0.269 e. The largest absolute Gasteiger partial charge is 0.349 e. The molecule has 0 radical (unpaired) electrons. The van der Waals surface area contributed by atoms with Crippen LogP contribution < -0.4 is 5.32 Å². The van der Waals surface area contributed by atoms with Crippen LogP contribution in [0.3, 0.4) is 0 Å².